The number of aromatic amines is 1. The van der Waals surface area contributed by atoms with Gasteiger partial charge in [-0.25, -0.2) is 14.6 Å². The molecule has 1 saturated heterocycles. The number of hydrogen-bond donors (Lipinski definition) is 2. The highest BCUT2D eigenvalue weighted by Gasteiger charge is 2.26. The number of carbonyl (C=O) groups excluding carboxylic acids is 3. The first-order valence-corrected chi connectivity index (χ1v) is 12.4. The monoisotopic (exact) mass is 532 g/mol. The molecule has 0 saturated carbocycles. The number of aromatic nitrogens is 5. The molecule has 202 valence electrons. The molecule has 13 heteroatoms. The number of nitrogens with two attached hydrogens (primary N) is 1. The van der Waals surface area contributed by atoms with E-state index in [1.54, 1.807) is 41.4 Å². The summed E-state index contributed by atoms with van der Waals surface area (Å²) in [7, 11) is 1.54. The van der Waals surface area contributed by atoms with Crippen LogP contribution in [-0.2, 0) is 27.4 Å². The fourth-order valence-corrected chi connectivity index (χ4v) is 4.54. The average Bonchev–Trinajstić information content (AvgIpc) is 3.60. The highest BCUT2D eigenvalue weighted by molar-refractivity contribution is 5.96. The summed E-state index contributed by atoms with van der Waals surface area (Å²) in [6, 6.07) is 9.15. The van der Waals surface area contributed by atoms with Crippen molar-refractivity contribution >= 4 is 28.6 Å². The Labute approximate surface area is 223 Å². The van der Waals surface area contributed by atoms with Crippen LogP contribution in [0.5, 0.6) is 5.75 Å². The Balaban J connectivity index is 1.29. The standard InChI is InChI=1S/C26H28N8O5/c1-38-19-13-29-25(34-16-30-21(31-34)15-39-14-20(27)35)24-23(19)18(12-28-24)11-22(36)32-7-9-33(10-8-32)26(37)17-5-3-2-4-6-17/h2-6,12-13,16,28H,7-11,14-15H2,1H3,(H2,27,35). The van der Waals surface area contributed by atoms with E-state index in [4.69, 9.17) is 15.2 Å². The summed E-state index contributed by atoms with van der Waals surface area (Å²) in [6.07, 6.45) is 4.97. The molecule has 1 aliphatic rings. The van der Waals surface area contributed by atoms with Crippen molar-refractivity contribution in [3.05, 3.63) is 66.0 Å². The number of primary amides is 1. The number of H-pyrrole nitrogens is 1. The topological polar surface area (TPSA) is 162 Å². The van der Waals surface area contributed by atoms with Crippen LogP contribution in [0.3, 0.4) is 0 Å². The second-order valence-electron chi connectivity index (χ2n) is 8.99. The molecular weight excluding hydrogens is 504 g/mol. The molecule has 3 aromatic heterocycles. The third-order valence-electron chi connectivity index (χ3n) is 6.47. The van der Waals surface area contributed by atoms with E-state index < -0.39 is 5.91 Å². The van der Waals surface area contributed by atoms with Crippen LogP contribution in [0.25, 0.3) is 16.7 Å². The molecule has 3 amide bonds. The van der Waals surface area contributed by atoms with Crippen LogP contribution in [0.2, 0.25) is 0 Å². The van der Waals surface area contributed by atoms with Gasteiger partial charge in [-0.2, -0.15) is 0 Å². The molecule has 0 spiro atoms. The lowest BCUT2D eigenvalue weighted by molar-refractivity contribution is -0.132. The van der Waals surface area contributed by atoms with Gasteiger partial charge in [0.25, 0.3) is 5.91 Å². The fraction of sp³-hybridized carbons (Fsp3) is 0.308. The second-order valence-corrected chi connectivity index (χ2v) is 8.99. The van der Waals surface area contributed by atoms with E-state index in [1.807, 2.05) is 18.2 Å². The molecule has 4 heterocycles. The molecular formula is C26H28N8O5. The number of nitrogens with zero attached hydrogens (tertiary/aromatic N) is 6. The predicted octanol–water partition coefficient (Wildman–Crippen LogP) is 0.681. The number of hydrogen-bond acceptors (Lipinski definition) is 8. The van der Waals surface area contributed by atoms with Crippen molar-refractivity contribution in [3.8, 4) is 11.6 Å². The minimum Gasteiger partial charge on any atom is -0.494 e. The lowest BCUT2D eigenvalue weighted by Gasteiger charge is -2.35. The van der Waals surface area contributed by atoms with Crippen LogP contribution in [-0.4, -0.2) is 92.1 Å². The summed E-state index contributed by atoms with van der Waals surface area (Å²) in [4.78, 5) is 52.3. The van der Waals surface area contributed by atoms with Gasteiger partial charge in [0, 0.05) is 37.9 Å². The third kappa shape index (κ3) is 5.57. The molecule has 4 aromatic rings. The Kier molecular flexibility index (Phi) is 7.50. The number of ether oxygens (including phenoxy) is 2. The van der Waals surface area contributed by atoms with Crippen molar-refractivity contribution in [3.63, 3.8) is 0 Å². The summed E-state index contributed by atoms with van der Waals surface area (Å²) < 4.78 is 12.2. The number of carbonyl (C=O) groups is 3. The molecule has 39 heavy (non-hydrogen) atoms. The van der Waals surface area contributed by atoms with Crippen LogP contribution >= 0.6 is 0 Å². The van der Waals surface area contributed by atoms with Gasteiger partial charge in [-0.3, -0.25) is 14.4 Å². The highest BCUT2D eigenvalue weighted by atomic mass is 16.5. The molecule has 5 rings (SSSR count). The molecule has 1 aliphatic heterocycles. The molecule has 0 atom stereocenters. The normalized spacial score (nSPS) is 13.6. The minimum absolute atomic E-state index is 0.0178. The SMILES string of the molecule is COc1cnc(-n2cnc(COCC(N)=O)n2)c2[nH]cc(CC(=O)N3CCN(C(=O)c4ccccc4)CC3)c12. The maximum absolute atomic E-state index is 13.2. The zero-order valence-electron chi connectivity index (χ0n) is 21.4. The van der Waals surface area contributed by atoms with Crippen LogP contribution in [0, 0.1) is 0 Å². The van der Waals surface area contributed by atoms with E-state index in [9.17, 15) is 14.4 Å². The minimum atomic E-state index is -0.580. The molecule has 0 bridgehead atoms. The van der Waals surface area contributed by atoms with Gasteiger partial charge in [0.15, 0.2) is 11.6 Å². The number of fused-ring (bicyclic) bond motifs is 1. The van der Waals surface area contributed by atoms with Gasteiger partial charge in [0.1, 0.15) is 25.3 Å². The lowest BCUT2D eigenvalue weighted by Crippen LogP contribution is -2.51. The number of rotatable bonds is 9. The Bertz CT molecular complexity index is 1490. The summed E-state index contributed by atoms with van der Waals surface area (Å²) >= 11 is 0. The Morgan fingerprint density at radius 3 is 2.51 bits per heavy atom. The second kappa shape index (κ2) is 11.3. The quantitative estimate of drug-likeness (QED) is 0.318. The van der Waals surface area contributed by atoms with Crippen molar-refractivity contribution in [2.45, 2.75) is 13.0 Å². The summed E-state index contributed by atoms with van der Waals surface area (Å²) in [5.74, 6) is 0.683. The highest BCUT2D eigenvalue weighted by Crippen LogP contribution is 2.31. The van der Waals surface area contributed by atoms with Crippen molar-refractivity contribution in [2.75, 3.05) is 39.9 Å². The summed E-state index contributed by atoms with van der Waals surface area (Å²) in [5, 5.41) is 5.09. The molecule has 3 N–H and O–H groups in total. The molecule has 13 nitrogen and oxygen atoms in total. The van der Waals surface area contributed by atoms with Gasteiger partial charge < -0.3 is 30.0 Å². The number of nitrogens with one attached hydrogen (secondary N) is 1. The van der Waals surface area contributed by atoms with Crippen molar-refractivity contribution in [1.29, 1.82) is 0 Å². The van der Waals surface area contributed by atoms with E-state index in [0.29, 0.717) is 54.7 Å². The average molecular weight is 533 g/mol. The van der Waals surface area contributed by atoms with Crippen LogP contribution in [0.1, 0.15) is 21.7 Å². The first-order chi connectivity index (χ1) is 18.9. The van der Waals surface area contributed by atoms with Gasteiger partial charge in [0.2, 0.25) is 11.8 Å². The Hall–Kier alpha value is -4.78. The van der Waals surface area contributed by atoms with Gasteiger partial charge in [-0.05, 0) is 17.7 Å². The van der Waals surface area contributed by atoms with E-state index in [2.05, 4.69) is 20.1 Å². The fourth-order valence-electron chi connectivity index (χ4n) is 4.54. The largest absolute Gasteiger partial charge is 0.494 e. The number of pyridine rings is 1. The summed E-state index contributed by atoms with van der Waals surface area (Å²) in [6.45, 7) is 1.66. The predicted molar refractivity (Wildman–Crippen MR) is 139 cm³/mol. The zero-order chi connectivity index (χ0) is 27.4. The number of amides is 3. The smallest absolute Gasteiger partial charge is 0.253 e. The van der Waals surface area contributed by atoms with Gasteiger partial charge >= 0.3 is 0 Å². The van der Waals surface area contributed by atoms with E-state index in [1.165, 1.54) is 11.0 Å². The number of benzene rings is 1. The Morgan fingerprint density at radius 2 is 1.79 bits per heavy atom. The maximum atomic E-state index is 13.2. The lowest BCUT2D eigenvalue weighted by atomic mass is 10.1. The maximum Gasteiger partial charge on any atom is 0.253 e. The van der Waals surface area contributed by atoms with E-state index in [-0.39, 0.29) is 31.4 Å². The van der Waals surface area contributed by atoms with E-state index in [0.717, 1.165) is 10.9 Å². The van der Waals surface area contributed by atoms with Gasteiger partial charge in [-0.15, -0.1) is 5.10 Å². The molecule has 0 radical (unpaired) electrons. The Morgan fingerprint density at radius 1 is 1.05 bits per heavy atom. The molecule has 0 unspecified atom stereocenters. The first kappa shape index (κ1) is 25.9. The first-order valence-electron chi connectivity index (χ1n) is 12.4. The molecule has 0 aliphatic carbocycles. The van der Waals surface area contributed by atoms with E-state index >= 15 is 0 Å². The van der Waals surface area contributed by atoms with Crippen LogP contribution in [0.4, 0.5) is 0 Å². The number of methoxy groups -OCH3 is 1. The molecule has 1 fully saturated rings. The third-order valence-corrected chi connectivity index (χ3v) is 6.47. The van der Waals surface area contributed by atoms with Crippen LogP contribution < -0.4 is 10.5 Å². The number of piperazine rings is 1. The van der Waals surface area contributed by atoms with Crippen molar-refractivity contribution in [2.24, 2.45) is 5.73 Å². The molecule has 1 aromatic carbocycles. The van der Waals surface area contributed by atoms with Crippen LogP contribution in [0.15, 0.2) is 49.1 Å². The van der Waals surface area contributed by atoms with Crippen molar-refractivity contribution < 1.29 is 23.9 Å². The zero-order valence-corrected chi connectivity index (χ0v) is 21.4. The summed E-state index contributed by atoms with van der Waals surface area (Å²) in [5.41, 5.74) is 7.11. The van der Waals surface area contributed by atoms with Gasteiger partial charge in [0.05, 0.1) is 30.6 Å². The van der Waals surface area contributed by atoms with Gasteiger partial charge in [-0.1, -0.05) is 18.2 Å². The van der Waals surface area contributed by atoms with Crippen molar-refractivity contribution in [1.82, 2.24) is 34.5 Å².